The molecule has 0 aliphatic carbocycles. The summed E-state index contributed by atoms with van der Waals surface area (Å²) in [6.45, 7) is 1.56. The molecule has 1 rings (SSSR count). The van der Waals surface area contributed by atoms with Gasteiger partial charge in [0.15, 0.2) is 3.77 Å². The minimum atomic E-state index is -3.08. The zero-order valence-electron chi connectivity index (χ0n) is 8.29. The molecule has 7 heteroatoms. The van der Waals surface area contributed by atoms with Gasteiger partial charge in [0.05, 0.1) is 12.8 Å². The second kappa shape index (κ2) is 5.83. The van der Waals surface area contributed by atoms with E-state index in [1.54, 1.807) is 0 Å². The molecular formula is C8H13IN2O3S. The van der Waals surface area contributed by atoms with E-state index in [9.17, 15) is 8.42 Å². The lowest BCUT2D eigenvalue weighted by atomic mass is 10.4. The Labute approximate surface area is 103 Å². The highest BCUT2D eigenvalue weighted by Gasteiger charge is 2.00. The van der Waals surface area contributed by atoms with E-state index in [1.807, 2.05) is 12.1 Å². The van der Waals surface area contributed by atoms with Gasteiger partial charge < -0.3 is 9.73 Å². The van der Waals surface area contributed by atoms with Crippen LogP contribution < -0.4 is 10.0 Å². The maximum atomic E-state index is 10.7. The number of halogens is 1. The van der Waals surface area contributed by atoms with Crippen LogP contribution >= 0.6 is 22.6 Å². The van der Waals surface area contributed by atoms with Gasteiger partial charge in [-0.2, -0.15) is 0 Å². The molecule has 1 aromatic heterocycles. The molecule has 0 amide bonds. The van der Waals surface area contributed by atoms with Crippen molar-refractivity contribution in [1.82, 2.24) is 10.0 Å². The summed E-state index contributed by atoms with van der Waals surface area (Å²) in [5.74, 6) is 0.846. The maximum absolute atomic E-state index is 10.7. The van der Waals surface area contributed by atoms with E-state index in [1.165, 1.54) is 0 Å². The van der Waals surface area contributed by atoms with Crippen molar-refractivity contribution in [3.8, 4) is 0 Å². The van der Waals surface area contributed by atoms with Gasteiger partial charge in [-0.15, -0.1) is 0 Å². The predicted molar refractivity (Wildman–Crippen MR) is 66.0 cm³/mol. The van der Waals surface area contributed by atoms with Crippen LogP contribution in [0.3, 0.4) is 0 Å². The summed E-state index contributed by atoms with van der Waals surface area (Å²) in [6, 6.07) is 3.77. The smallest absolute Gasteiger partial charge is 0.208 e. The molecule has 0 aromatic carbocycles. The summed E-state index contributed by atoms with van der Waals surface area (Å²) in [7, 11) is -3.08. The molecule has 0 saturated heterocycles. The van der Waals surface area contributed by atoms with E-state index in [4.69, 9.17) is 4.42 Å². The fraction of sp³-hybridized carbons (Fsp3) is 0.500. The van der Waals surface area contributed by atoms with Gasteiger partial charge in [-0.05, 0) is 34.7 Å². The highest BCUT2D eigenvalue weighted by Crippen LogP contribution is 2.09. The van der Waals surface area contributed by atoms with Gasteiger partial charge in [-0.1, -0.05) is 0 Å². The van der Waals surface area contributed by atoms with Gasteiger partial charge in [0.25, 0.3) is 0 Å². The first kappa shape index (κ1) is 12.9. The quantitative estimate of drug-likeness (QED) is 0.583. The second-order valence-electron chi connectivity index (χ2n) is 3.05. The molecule has 1 aromatic rings. The fourth-order valence-corrected chi connectivity index (χ4v) is 1.92. The van der Waals surface area contributed by atoms with Gasteiger partial charge >= 0.3 is 0 Å². The average molecular weight is 344 g/mol. The van der Waals surface area contributed by atoms with Crippen LogP contribution in [-0.2, 0) is 16.6 Å². The molecule has 0 aliphatic rings. The third-order valence-electron chi connectivity index (χ3n) is 1.59. The van der Waals surface area contributed by atoms with Crippen molar-refractivity contribution < 1.29 is 12.8 Å². The SMILES string of the molecule is CS(=O)(=O)NCCNCc1ccc(I)o1. The van der Waals surface area contributed by atoms with E-state index in [-0.39, 0.29) is 0 Å². The molecule has 0 bridgehead atoms. The molecule has 0 spiro atoms. The van der Waals surface area contributed by atoms with E-state index < -0.39 is 10.0 Å². The predicted octanol–water partition coefficient (Wildman–Crippen LogP) is 0.523. The Bertz CT molecular complexity index is 402. The standard InChI is InChI=1S/C8H13IN2O3S/c1-15(12,13)11-5-4-10-6-7-2-3-8(9)14-7/h2-3,10-11H,4-6H2,1H3. The zero-order chi connectivity index (χ0) is 11.3. The number of rotatable bonds is 6. The number of hydrogen-bond acceptors (Lipinski definition) is 4. The van der Waals surface area contributed by atoms with Crippen molar-refractivity contribution in [2.24, 2.45) is 0 Å². The van der Waals surface area contributed by atoms with Crippen LogP contribution in [0.4, 0.5) is 0 Å². The summed E-state index contributed by atoms with van der Waals surface area (Å²) in [4.78, 5) is 0. The Morgan fingerprint density at radius 2 is 2.13 bits per heavy atom. The van der Waals surface area contributed by atoms with E-state index in [0.717, 1.165) is 15.8 Å². The van der Waals surface area contributed by atoms with Gasteiger partial charge in [0.1, 0.15) is 5.76 Å². The van der Waals surface area contributed by atoms with Crippen LogP contribution in [-0.4, -0.2) is 27.8 Å². The monoisotopic (exact) mass is 344 g/mol. The molecule has 86 valence electrons. The average Bonchev–Trinajstić information content (AvgIpc) is 2.49. The number of sulfonamides is 1. The molecule has 15 heavy (non-hydrogen) atoms. The Kier molecular flexibility index (Phi) is 5.03. The Morgan fingerprint density at radius 1 is 1.40 bits per heavy atom. The fourth-order valence-electron chi connectivity index (χ4n) is 0.983. The van der Waals surface area contributed by atoms with Gasteiger partial charge in [0.2, 0.25) is 10.0 Å². The summed E-state index contributed by atoms with van der Waals surface area (Å²) < 4.78 is 30.0. The third-order valence-corrected chi connectivity index (χ3v) is 2.90. The second-order valence-corrected chi connectivity index (χ2v) is 5.95. The van der Waals surface area contributed by atoms with Crippen molar-refractivity contribution >= 4 is 32.6 Å². The van der Waals surface area contributed by atoms with Gasteiger partial charge in [-0.25, -0.2) is 13.1 Å². The normalized spacial score (nSPS) is 11.9. The molecular weight excluding hydrogens is 331 g/mol. The van der Waals surface area contributed by atoms with Crippen LogP contribution in [0.2, 0.25) is 0 Å². The van der Waals surface area contributed by atoms with E-state index >= 15 is 0 Å². The molecule has 1 heterocycles. The number of hydrogen-bond donors (Lipinski definition) is 2. The summed E-state index contributed by atoms with van der Waals surface area (Å²) >= 11 is 2.09. The van der Waals surface area contributed by atoms with Crippen molar-refractivity contribution in [2.75, 3.05) is 19.3 Å². The van der Waals surface area contributed by atoms with Crippen LogP contribution in [0.15, 0.2) is 16.5 Å². The van der Waals surface area contributed by atoms with Gasteiger partial charge in [0, 0.05) is 13.1 Å². The molecule has 0 saturated carbocycles. The first-order valence-electron chi connectivity index (χ1n) is 4.37. The molecule has 0 atom stereocenters. The first-order chi connectivity index (χ1) is 6.97. The topological polar surface area (TPSA) is 71.3 Å². The minimum absolute atomic E-state index is 0.386. The number of nitrogens with one attached hydrogen (secondary N) is 2. The summed E-state index contributed by atoms with van der Waals surface area (Å²) in [5, 5.41) is 3.06. The summed E-state index contributed by atoms with van der Waals surface area (Å²) in [5.41, 5.74) is 0. The van der Waals surface area contributed by atoms with Crippen LogP contribution in [0.25, 0.3) is 0 Å². The lowest BCUT2D eigenvalue weighted by molar-refractivity contribution is 0.464. The Balaban J connectivity index is 2.12. The Hall–Kier alpha value is -0.120. The summed E-state index contributed by atoms with van der Waals surface area (Å²) in [6.07, 6.45) is 1.14. The zero-order valence-corrected chi connectivity index (χ0v) is 11.3. The lowest BCUT2D eigenvalue weighted by Crippen LogP contribution is -2.30. The van der Waals surface area contributed by atoms with Crippen LogP contribution in [0.1, 0.15) is 5.76 Å². The Morgan fingerprint density at radius 3 is 2.67 bits per heavy atom. The molecule has 0 aliphatic heterocycles. The van der Waals surface area contributed by atoms with Crippen LogP contribution in [0.5, 0.6) is 0 Å². The lowest BCUT2D eigenvalue weighted by Gasteiger charge is -2.03. The molecule has 0 radical (unpaired) electrons. The van der Waals surface area contributed by atoms with Crippen molar-refractivity contribution in [1.29, 1.82) is 0 Å². The highest BCUT2D eigenvalue weighted by atomic mass is 127. The van der Waals surface area contributed by atoms with E-state index in [2.05, 4.69) is 32.6 Å². The molecule has 5 nitrogen and oxygen atoms in total. The van der Waals surface area contributed by atoms with Crippen molar-refractivity contribution in [3.63, 3.8) is 0 Å². The van der Waals surface area contributed by atoms with Crippen molar-refractivity contribution in [2.45, 2.75) is 6.54 Å². The maximum Gasteiger partial charge on any atom is 0.208 e. The highest BCUT2D eigenvalue weighted by molar-refractivity contribution is 14.1. The van der Waals surface area contributed by atoms with E-state index in [0.29, 0.717) is 19.6 Å². The molecule has 2 N–H and O–H groups in total. The molecule has 0 unspecified atom stereocenters. The van der Waals surface area contributed by atoms with Gasteiger partial charge in [-0.3, -0.25) is 0 Å². The first-order valence-corrected chi connectivity index (χ1v) is 7.34. The largest absolute Gasteiger partial charge is 0.454 e. The van der Waals surface area contributed by atoms with Crippen molar-refractivity contribution in [3.05, 3.63) is 21.7 Å². The third kappa shape index (κ3) is 6.13. The van der Waals surface area contributed by atoms with Crippen LogP contribution in [0, 0.1) is 3.77 Å². The molecule has 0 fully saturated rings. The number of furan rings is 1. The minimum Gasteiger partial charge on any atom is -0.454 e.